The van der Waals surface area contributed by atoms with Crippen molar-refractivity contribution < 1.29 is 9.90 Å². The molecule has 0 bridgehead atoms. The molecule has 4 nitrogen and oxygen atoms in total. The third-order valence-electron chi connectivity index (χ3n) is 3.54. The van der Waals surface area contributed by atoms with Crippen molar-refractivity contribution in [3.8, 4) is 0 Å². The van der Waals surface area contributed by atoms with Gasteiger partial charge in [0.1, 0.15) is 5.15 Å². The number of carbonyl (C=O) groups excluding carboxylic acids is 1. The zero-order valence-electron chi connectivity index (χ0n) is 10.5. The highest BCUT2D eigenvalue weighted by Crippen LogP contribution is 2.28. The first-order valence-corrected chi connectivity index (χ1v) is 7.48. The van der Waals surface area contributed by atoms with Crippen LogP contribution < -0.4 is 5.32 Å². The largest absolute Gasteiger partial charge is 0.394 e. The summed E-state index contributed by atoms with van der Waals surface area (Å²) in [6.07, 6.45) is 6.33. The van der Waals surface area contributed by atoms with Crippen LogP contribution in [0.2, 0.25) is 5.15 Å². The van der Waals surface area contributed by atoms with Gasteiger partial charge in [-0.1, -0.05) is 30.9 Å². The fourth-order valence-corrected chi connectivity index (χ4v) is 2.96. The van der Waals surface area contributed by atoms with E-state index in [9.17, 15) is 9.90 Å². The van der Waals surface area contributed by atoms with Crippen molar-refractivity contribution in [2.45, 2.75) is 37.6 Å². The number of aliphatic hydroxyl groups excluding tert-OH is 1. The van der Waals surface area contributed by atoms with Crippen LogP contribution in [0.15, 0.2) is 16.7 Å². The lowest BCUT2D eigenvalue weighted by atomic mass is 9.82. The van der Waals surface area contributed by atoms with Gasteiger partial charge in [0, 0.05) is 10.7 Å². The molecule has 1 aliphatic carbocycles. The number of hydrogen-bond donors (Lipinski definition) is 2. The molecule has 1 amide bonds. The van der Waals surface area contributed by atoms with Crippen LogP contribution >= 0.6 is 27.5 Å². The van der Waals surface area contributed by atoms with Gasteiger partial charge in [0.25, 0.3) is 5.91 Å². The molecule has 1 aromatic heterocycles. The average molecular weight is 348 g/mol. The summed E-state index contributed by atoms with van der Waals surface area (Å²) in [7, 11) is 0. The summed E-state index contributed by atoms with van der Waals surface area (Å²) in [5.41, 5.74) is -0.185. The van der Waals surface area contributed by atoms with Crippen molar-refractivity contribution >= 4 is 33.4 Å². The molecule has 1 heterocycles. The summed E-state index contributed by atoms with van der Waals surface area (Å²) in [5, 5.41) is 12.7. The highest BCUT2D eigenvalue weighted by atomic mass is 79.9. The maximum absolute atomic E-state index is 12.3. The Morgan fingerprint density at radius 3 is 2.79 bits per heavy atom. The van der Waals surface area contributed by atoms with E-state index >= 15 is 0 Å². The Morgan fingerprint density at radius 2 is 2.16 bits per heavy atom. The minimum atomic E-state index is -0.513. The number of hydrogen-bond acceptors (Lipinski definition) is 3. The van der Waals surface area contributed by atoms with E-state index in [1.807, 2.05) is 0 Å². The smallest absolute Gasteiger partial charge is 0.254 e. The van der Waals surface area contributed by atoms with Crippen molar-refractivity contribution in [1.29, 1.82) is 0 Å². The summed E-state index contributed by atoms with van der Waals surface area (Å²) >= 11 is 9.21. The Kier molecular flexibility index (Phi) is 4.81. The minimum Gasteiger partial charge on any atom is -0.394 e. The minimum absolute atomic E-state index is 0.0439. The number of halogens is 2. The molecule has 1 saturated carbocycles. The zero-order valence-corrected chi connectivity index (χ0v) is 12.8. The van der Waals surface area contributed by atoms with Crippen LogP contribution in [-0.2, 0) is 0 Å². The Balaban J connectivity index is 2.17. The molecule has 1 aromatic rings. The normalized spacial score (nSPS) is 18.1. The van der Waals surface area contributed by atoms with Gasteiger partial charge in [-0.15, -0.1) is 0 Å². The molecular formula is C13H16BrClN2O2. The standard InChI is InChI=1S/C13H16BrClN2O2/c14-9-6-10(11(15)16-7-9)12(19)17-13(8-18)4-2-1-3-5-13/h6-7,18H,1-5,8H2,(H,17,19). The number of carbonyl (C=O) groups is 1. The highest BCUT2D eigenvalue weighted by molar-refractivity contribution is 9.10. The summed E-state index contributed by atoms with van der Waals surface area (Å²) in [6, 6.07) is 1.64. The molecule has 6 heteroatoms. The second-order valence-electron chi connectivity index (χ2n) is 4.95. The van der Waals surface area contributed by atoms with Gasteiger partial charge in [0.2, 0.25) is 0 Å². The molecule has 19 heavy (non-hydrogen) atoms. The first-order chi connectivity index (χ1) is 9.06. The predicted molar refractivity (Wildman–Crippen MR) is 77.3 cm³/mol. The highest BCUT2D eigenvalue weighted by Gasteiger charge is 2.33. The first kappa shape index (κ1) is 14.8. The summed E-state index contributed by atoms with van der Waals surface area (Å²) in [6.45, 7) is -0.0439. The number of pyridine rings is 1. The van der Waals surface area contributed by atoms with E-state index < -0.39 is 5.54 Å². The lowest BCUT2D eigenvalue weighted by Crippen LogP contribution is -2.52. The molecule has 0 atom stereocenters. The third kappa shape index (κ3) is 3.46. The topological polar surface area (TPSA) is 62.2 Å². The lowest BCUT2D eigenvalue weighted by Gasteiger charge is -2.36. The van der Waals surface area contributed by atoms with Crippen molar-refractivity contribution in [2.75, 3.05) is 6.61 Å². The third-order valence-corrected chi connectivity index (χ3v) is 4.28. The molecule has 0 spiro atoms. The van der Waals surface area contributed by atoms with Crippen molar-refractivity contribution in [2.24, 2.45) is 0 Å². The number of amides is 1. The molecule has 1 fully saturated rings. The number of nitrogens with one attached hydrogen (secondary N) is 1. The fraction of sp³-hybridized carbons (Fsp3) is 0.538. The van der Waals surface area contributed by atoms with Crippen LogP contribution in [0, 0.1) is 0 Å². The number of rotatable bonds is 3. The van der Waals surface area contributed by atoms with Crippen molar-refractivity contribution in [3.05, 3.63) is 27.5 Å². The molecule has 2 rings (SSSR count). The van der Waals surface area contributed by atoms with Crippen molar-refractivity contribution in [3.63, 3.8) is 0 Å². The Labute approximate surface area is 125 Å². The average Bonchev–Trinajstić information content (AvgIpc) is 2.42. The van der Waals surface area contributed by atoms with Gasteiger partial charge < -0.3 is 10.4 Å². The molecule has 0 saturated heterocycles. The van der Waals surface area contributed by atoms with Gasteiger partial charge in [-0.2, -0.15) is 0 Å². The van der Waals surface area contributed by atoms with E-state index in [2.05, 4.69) is 26.2 Å². The van der Waals surface area contributed by atoms with E-state index in [-0.39, 0.29) is 17.7 Å². The van der Waals surface area contributed by atoms with Crippen LogP contribution in [0.4, 0.5) is 0 Å². The molecule has 0 radical (unpaired) electrons. The number of aliphatic hydroxyl groups is 1. The second kappa shape index (κ2) is 6.20. The maximum atomic E-state index is 12.3. The monoisotopic (exact) mass is 346 g/mol. The molecule has 2 N–H and O–H groups in total. The Morgan fingerprint density at radius 1 is 1.47 bits per heavy atom. The van der Waals surface area contributed by atoms with Gasteiger partial charge in [0.15, 0.2) is 0 Å². The van der Waals surface area contributed by atoms with E-state index in [0.717, 1.165) is 32.1 Å². The Bertz CT molecular complexity index is 476. The van der Waals surface area contributed by atoms with E-state index in [1.54, 1.807) is 12.3 Å². The van der Waals surface area contributed by atoms with Gasteiger partial charge >= 0.3 is 0 Å². The summed E-state index contributed by atoms with van der Waals surface area (Å²) < 4.78 is 0.698. The van der Waals surface area contributed by atoms with Crippen LogP contribution in [0.25, 0.3) is 0 Å². The SMILES string of the molecule is O=C(NC1(CO)CCCCC1)c1cc(Br)cnc1Cl. The lowest BCUT2D eigenvalue weighted by molar-refractivity contribution is 0.0758. The molecule has 0 aromatic carbocycles. The van der Waals surface area contributed by atoms with Gasteiger partial charge in [-0.05, 0) is 34.8 Å². The molecule has 0 aliphatic heterocycles. The van der Waals surface area contributed by atoms with Crippen LogP contribution in [-0.4, -0.2) is 28.1 Å². The van der Waals surface area contributed by atoms with Crippen LogP contribution in [0.1, 0.15) is 42.5 Å². The predicted octanol–water partition coefficient (Wildman–Crippen LogP) is 2.92. The van der Waals surface area contributed by atoms with E-state index in [4.69, 9.17) is 11.6 Å². The molecule has 1 aliphatic rings. The van der Waals surface area contributed by atoms with E-state index in [1.165, 1.54) is 0 Å². The maximum Gasteiger partial charge on any atom is 0.254 e. The quantitative estimate of drug-likeness (QED) is 0.826. The summed E-state index contributed by atoms with van der Waals surface area (Å²) in [4.78, 5) is 16.2. The zero-order chi connectivity index (χ0) is 13.9. The molecular weight excluding hydrogens is 332 g/mol. The Hall–Kier alpha value is -0.650. The van der Waals surface area contributed by atoms with Crippen LogP contribution in [0.3, 0.4) is 0 Å². The van der Waals surface area contributed by atoms with E-state index in [0.29, 0.717) is 10.0 Å². The van der Waals surface area contributed by atoms with Gasteiger partial charge in [-0.25, -0.2) is 4.98 Å². The molecule has 104 valence electrons. The van der Waals surface area contributed by atoms with Crippen molar-refractivity contribution in [1.82, 2.24) is 10.3 Å². The second-order valence-corrected chi connectivity index (χ2v) is 6.22. The fourth-order valence-electron chi connectivity index (χ4n) is 2.44. The number of nitrogens with zero attached hydrogens (tertiary/aromatic N) is 1. The number of aromatic nitrogens is 1. The first-order valence-electron chi connectivity index (χ1n) is 6.31. The summed E-state index contributed by atoms with van der Waals surface area (Å²) in [5.74, 6) is -0.283. The van der Waals surface area contributed by atoms with Gasteiger partial charge in [0.05, 0.1) is 17.7 Å². The van der Waals surface area contributed by atoms with Crippen LogP contribution in [0.5, 0.6) is 0 Å². The molecule has 0 unspecified atom stereocenters. The van der Waals surface area contributed by atoms with Gasteiger partial charge in [-0.3, -0.25) is 4.79 Å².